The Hall–Kier alpha value is -1.57. The number of alkyl halides is 3. The van der Waals surface area contributed by atoms with Crippen LogP contribution in [-0.4, -0.2) is 51.9 Å². The fourth-order valence-corrected chi connectivity index (χ4v) is 4.31. The summed E-state index contributed by atoms with van der Waals surface area (Å²) in [6, 6.07) is 0. The van der Waals surface area contributed by atoms with Gasteiger partial charge in [0, 0.05) is 24.9 Å². The lowest BCUT2D eigenvalue weighted by atomic mass is 9.92. The highest BCUT2D eigenvalue weighted by atomic mass is 19.4. The molecule has 4 rings (SSSR count). The number of fused-ring (bicyclic) bond motifs is 1. The molecule has 0 spiro atoms. The van der Waals surface area contributed by atoms with Crippen molar-refractivity contribution >= 4 is 5.91 Å². The maximum Gasteiger partial charge on any atom is 0.449 e. The van der Waals surface area contributed by atoms with Crippen molar-refractivity contribution < 1.29 is 18.0 Å². The number of aromatic nitrogens is 2. The summed E-state index contributed by atoms with van der Waals surface area (Å²) in [6.45, 7) is 4.54. The minimum Gasteiger partial charge on any atom is -0.335 e. The molecule has 0 unspecified atom stereocenters. The van der Waals surface area contributed by atoms with Crippen LogP contribution in [0.2, 0.25) is 0 Å². The van der Waals surface area contributed by atoms with Crippen LogP contribution in [-0.2, 0) is 24.1 Å². The van der Waals surface area contributed by atoms with Crippen molar-refractivity contribution in [3.8, 4) is 0 Å². The van der Waals surface area contributed by atoms with Gasteiger partial charge < -0.3 is 14.4 Å². The summed E-state index contributed by atoms with van der Waals surface area (Å²) in [5, 5.41) is 0. The first-order valence-electron chi connectivity index (χ1n) is 9.39. The summed E-state index contributed by atoms with van der Waals surface area (Å²) in [4.78, 5) is 20.6. The van der Waals surface area contributed by atoms with Gasteiger partial charge in [-0.2, -0.15) is 13.2 Å². The molecule has 8 heteroatoms. The quantitative estimate of drug-likeness (QED) is 0.804. The maximum atomic E-state index is 13.5. The average Bonchev–Trinajstić information content (AvgIpc) is 3.18. The van der Waals surface area contributed by atoms with Crippen LogP contribution in [0.25, 0.3) is 0 Å². The van der Waals surface area contributed by atoms with E-state index >= 15 is 0 Å². The first-order chi connectivity index (χ1) is 12.3. The lowest BCUT2D eigenvalue weighted by Gasteiger charge is -2.32. The van der Waals surface area contributed by atoms with E-state index in [9.17, 15) is 18.0 Å². The Bertz CT molecular complexity index is 706. The van der Waals surface area contributed by atoms with Gasteiger partial charge in [-0.25, -0.2) is 4.98 Å². The standard InChI is InChI=1S/C18H25F3N4O/c1-11-9-13(11)16(26)24-7-8-25-14(10-24)15(22-17(25)18(19,20)21)12-3-5-23(2)6-4-12/h11-13H,3-10H2,1-2H3/t11-,13-/m1/s1. The Morgan fingerprint density at radius 1 is 1.15 bits per heavy atom. The second-order valence-corrected chi connectivity index (χ2v) is 8.07. The van der Waals surface area contributed by atoms with E-state index in [0.717, 1.165) is 32.4 Å². The zero-order valence-corrected chi connectivity index (χ0v) is 15.2. The minimum atomic E-state index is -4.46. The maximum absolute atomic E-state index is 13.5. The lowest BCUT2D eigenvalue weighted by molar-refractivity contribution is -0.148. The third-order valence-electron chi connectivity index (χ3n) is 6.13. The van der Waals surface area contributed by atoms with Gasteiger partial charge in [-0.15, -0.1) is 0 Å². The molecule has 3 heterocycles. The molecule has 1 amide bonds. The number of hydrogen-bond acceptors (Lipinski definition) is 3. The molecule has 2 fully saturated rings. The van der Waals surface area contributed by atoms with Crippen LogP contribution in [0.15, 0.2) is 0 Å². The highest BCUT2D eigenvalue weighted by Gasteiger charge is 2.45. The van der Waals surface area contributed by atoms with Crippen LogP contribution in [0, 0.1) is 11.8 Å². The van der Waals surface area contributed by atoms with Gasteiger partial charge >= 0.3 is 6.18 Å². The van der Waals surface area contributed by atoms with Crippen LogP contribution < -0.4 is 0 Å². The van der Waals surface area contributed by atoms with E-state index < -0.39 is 12.0 Å². The van der Waals surface area contributed by atoms with E-state index in [1.807, 2.05) is 14.0 Å². The third-order valence-corrected chi connectivity index (χ3v) is 6.13. The van der Waals surface area contributed by atoms with Gasteiger partial charge in [0.05, 0.1) is 17.9 Å². The third kappa shape index (κ3) is 3.12. The van der Waals surface area contributed by atoms with Gasteiger partial charge in [0.25, 0.3) is 0 Å². The number of piperidine rings is 1. The zero-order chi connectivity index (χ0) is 18.6. The van der Waals surface area contributed by atoms with Crippen LogP contribution >= 0.6 is 0 Å². The predicted molar refractivity (Wildman–Crippen MR) is 89.4 cm³/mol. The van der Waals surface area contributed by atoms with Crippen LogP contribution in [0.1, 0.15) is 49.3 Å². The Morgan fingerprint density at radius 3 is 2.38 bits per heavy atom. The number of carbonyl (C=O) groups excluding carboxylic acids is 1. The molecular weight excluding hydrogens is 345 g/mol. The molecule has 1 saturated carbocycles. The monoisotopic (exact) mass is 370 g/mol. The Labute approximate surface area is 151 Å². The van der Waals surface area contributed by atoms with Crippen molar-refractivity contribution in [2.75, 3.05) is 26.7 Å². The average molecular weight is 370 g/mol. The van der Waals surface area contributed by atoms with E-state index in [2.05, 4.69) is 9.88 Å². The van der Waals surface area contributed by atoms with Crippen LogP contribution in [0.5, 0.6) is 0 Å². The number of nitrogens with zero attached hydrogens (tertiary/aromatic N) is 4. The molecule has 2 aliphatic heterocycles. The van der Waals surface area contributed by atoms with Gasteiger partial charge in [-0.3, -0.25) is 4.79 Å². The molecule has 0 bridgehead atoms. The molecule has 26 heavy (non-hydrogen) atoms. The van der Waals surface area contributed by atoms with Gasteiger partial charge in [0.15, 0.2) is 0 Å². The normalized spacial score (nSPS) is 27.5. The van der Waals surface area contributed by atoms with Gasteiger partial charge in [0.2, 0.25) is 11.7 Å². The molecule has 0 aromatic carbocycles. The largest absolute Gasteiger partial charge is 0.449 e. The highest BCUT2D eigenvalue weighted by Crippen LogP contribution is 2.41. The topological polar surface area (TPSA) is 41.4 Å². The number of likely N-dealkylation sites (tertiary alicyclic amines) is 1. The summed E-state index contributed by atoms with van der Waals surface area (Å²) in [5.74, 6) is -0.216. The van der Waals surface area contributed by atoms with Crippen molar-refractivity contribution in [1.82, 2.24) is 19.4 Å². The molecule has 1 aliphatic carbocycles. The van der Waals surface area contributed by atoms with E-state index in [-0.39, 0.29) is 30.8 Å². The van der Waals surface area contributed by atoms with E-state index in [1.165, 1.54) is 4.57 Å². The fourth-order valence-electron chi connectivity index (χ4n) is 4.31. The predicted octanol–water partition coefficient (Wildman–Crippen LogP) is 2.71. The van der Waals surface area contributed by atoms with Crippen molar-refractivity contribution in [2.24, 2.45) is 11.8 Å². The number of halogens is 3. The molecular formula is C18H25F3N4O. The first-order valence-corrected chi connectivity index (χ1v) is 9.39. The molecule has 5 nitrogen and oxygen atoms in total. The highest BCUT2D eigenvalue weighted by molar-refractivity contribution is 5.81. The molecule has 1 aromatic rings. The van der Waals surface area contributed by atoms with E-state index in [0.29, 0.717) is 23.9 Å². The summed E-state index contributed by atoms with van der Waals surface area (Å²) >= 11 is 0. The Kier molecular flexibility index (Phi) is 4.28. The van der Waals surface area contributed by atoms with Gasteiger partial charge in [0.1, 0.15) is 0 Å². The number of hydrogen-bond donors (Lipinski definition) is 0. The summed E-state index contributed by atoms with van der Waals surface area (Å²) in [7, 11) is 2.03. The smallest absolute Gasteiger partial charge is 0.335 e. The lowest BCUT2D eigenvalue weighted by Crippen LogP contribution is -2.40. The molecule has 144 valence electrons. The second kappa shape index (κ2) is 6.25. The van der Waals surface area contributed by atoms with Crippen molar-refractivity contribution in [1.29, 1.82) is 0 Å². The number of amides is 1. The molecule has 0 radical (unpaired) electrons. The van der Waals surface area contributed by atoms with Gasteiger partial charge in [-0.05, 0) is 45.3 Å². The minimum absolute atomic E-state index is 0.0402. The number of imidazole rings is 1. The Balaban J connectivity index is 1.65. The van der Waals surface area contributed by atoms with Crippen LogP contribution in [0.4, 0.5) is 13.2 Å². The molecule has 0 N–H and O–H groups in total. The van der Waals surface area contributed by atoms with Crippen molar-refractivity contribution in [3.05, 3.63) is 17.2 Å². The van der Waals surface area contributed by atoms with Crippen LogP contribution in [0.3, 0.4) is 0 Å². The van der Waals surface area contributed by atoms with E-state index in [4.69, 9.17) is 0 Å². The fraction of sp³-hybridized carbons (Fsp3) is 0.778. The number of rotatable bonds is 2. The van der Waals surface area contributed by atoms with E-state index in [1.54, 1.807) is 4.90 Å². The summed E-state index contributed by atoms with van der Waals surface area (Å²) in [6.07, 6.45) is -1.95. The SMILES string of the molecule is C[C@@H]1C[C@H]1C(=O)N1CCn2c(C(F)(F)F)nc(C3CCN(C)CC3)c2C1. The van der Waals surface area contributed by atoms with Gasteiger partial charge in [-0.1, -0.05) is 6.92 Å². The molecule has 1 saturated heterocycles. The second-order valence-electron chi connectivity index (χ2n) is 8.07. The summed E-state index contributed by atoms with van der Waals surface area (Å²) in [5.41, 5.74) is 1.16. The van der Waals surface area contributed by atoms with Crippen molar-refractivity contribution in [3.63, 3.8) is 0 Å². The Morgan fingerprint density at radius 2 is 1.81 bits per heavy atom. The number of carbonyl (C=O) groups is 1. The first kappa shape index (κ1) is 17.8. The van der Waals surface area contributed by atoms with Crippen molar-refractivity contribution in [2.45, 2.75) is 51.4 Å². The molecule has 1 aromatic heterocycles. The molecule has 3 aliphatic rings. The molecule has 2 atom stereocenters. The zero-order valence-electron chi connectivity index (χ0n) is 15.2. The summed E-state index contributed by atoms with van der Waals surface area (Å²) < 4.78 is 41.8.